The second-order valence-corrected chi connectivity index (χ2v) is 5.21. The molecular formula is C12H25N3. The maximum Gasteiger partial charge on any atom is 0.0110 e. The van der Waals surface area contributed by atoms with Crippen LogP contribution in [-0.2, 0) is 0 Å². The molecule has 0 radical (unpaired) electrons. The molecule has 2 aliphatic rings. The van der Waals surface area contributed by atoms with Crippen molar-refractivity contribution in [2.24, 2.45) is 0 Å². The van der Waals surface area contributed by atoms with Crippen molar-refractivity contribution in [1.29, 1.82) is 0 Å². The van der Waals surface area contributed by atoms with E-state index < -0.39 is 0 Å². The number of likely N-dealkylation sites (N-methyl/N-ethyl adjacent to an activating group) is 1. The molecule has 1 atom stereocenters. The van der Waals surface area contributed by atoms with Crippen LogP contribution in [0.5, 0.6) is 0 Å². The van der Waals surface area contributed by atoms with Crippen LogP contribution in [-0.4, -0.2) is 74.1 Å². The monoisotopic (exact) mass is 211 g/mol. The molecule has 0 aliphatic carbocycles. The molecule has 0 aromatic carbocycles. The van der Waals surface area contributed by atoms with Crippen molar-refractivity contribution in [3.63, 3.8) is 0 Å². The first kappa shape index (κ1) is 11.4. The first-order chi connectivity index (χ1) is 7.25. The Morgan fingerprint density at radius 2 is 1.73 bits per heavy atom. The Morgan fingerprint density at radius 1 is 1.00 bits per heavy atom. The molecule has 3 nitrogen and oxygen atoms in total. The minimum Gasteiger partial charge on any atom is -0.304 e. The Balaban J connectivity index is 1.65. The Bertz CT molecular complexity index is 187. The molecule has 0 aromatic rings. The highest BCUT2D eigenvalue weighted by Crippen LogP contribution is 2.18. The highest BCUT2D eigenvalue weighted by atomic mass is 15.2. The van der Waals surface area contributed by atoms with Gasteiger partial charge in [0.1, 0.15) is 0 Å². The van der Waals surface area contributed by atoms with Gasteiger partial charge < -0.3 is 14.7 Å². The van der Waals surface area contributed by atoms with Gasteiger partial charge in [0.25, 0.3) is 0 Å². The second-order valence-electron chi connectivity index (χ2n) is 5.21. The van der Waals surface area contributed by atoms with Crippen LogP contribution in [0.4, 0.5) is 0 Å². The molecule has 1 unspecified atom stereocenters. The van der Waals surface area contributed by atoms with Crippen LogP contribution in [0, 0.1) is 0 Å². The van der Waals surface area contributed by atoms with E-state index in [1.54, 1.807) is 0 Å². The summed E-state index contributed by atoms with van der Waals surface area (Å²) in [6.07, 6.45) is 4.20. The second kappa shape index (κ2) is 5.28. The van der Waals surface area contributed by atoms with Gasteiger partial charge in [-0.25, -0.2) is 0 Å². The summed E-state index contributed by atoms with van der Waals surface area (Å²) in [7, 11) is 4.50. The first-order valence-corrected chi connectivity index (χ1v) is 6.37. The summed E-state index contributed by atoms with van der Waals surface area (Å²) >= 11 is 0. The molecule has 0 aromatic heterocycles. The third-order valence-electron chi connectivity index (χ3n) is 4.05. The van der Waals surface area contributed by atoms with Crippen molar-refractivity contribution in [2.45, 2.75) is 25.3 Å². The molecule has 0 saturated carbocycles. The molecule has 0 bridgehead atoms. The summed E-state index contributed by atoms with van der Waals surface area (Å²) in [5.41, 5.74) is 0. The standard InChI is InChI=1S/C12H25N3/c1-13-8-10-15(11-9-13)7-5-12-4-3-6-14(12)2/h12H,3-11H2,1-2H3. The van der Waals surface area contributed by atoms with E-state index in [2.05, 4.69) is 28.8 Å². The average molecular weight is 211 g/mol. The van der Waals surface area contributed by atoms with Gasteiger partial charge in [-0.15, -0.1) is 0 Å². The van der Waals surface area contributed by atoms with E-state index in [0.29, 0.717) is 0 Å². The number of hydrogen-bond donors (Lipinski definition) is 0. The molecule has 2 aliphatic heterocycles. The molecule has 2 fully saturated rings. The zero-order valence-electron chi connectivity index (χ0n) is 10.3. The summed E-state index contributed by atoms with van der Waals surface area (Å²) in [4.78, 5) is 7.60. The van der Waals surface area contributed by atoms with Gasteiger partial charge in [-0.3, -0.25) is 0 Å². The molecule has 2 rings (SSSR count). The topological polar surface area (TPSA) is 9.72 Å². The lowest BCUT2D eigenvalue weighted by molar-refractivity contribution is 0.142. The molecule has 0 spiro atoms. The first-order valence-electron chi connectivity index (χ1n) is 6.37. The minimum atomic E-state index is 0.865. The summed E-state index contributed by atoms with van der Waals surface area (Å²) in [6.45, 7) is 7.66. The zero-order valence-corrected chi connectivity index (χ0v) is 10.3. The smallest absolute Gasteiger partial charge is 0.0110 e. The van der Waals surface area contributed by atoms with Gasteiger partial charge in [-0.1, -0.05) is 0 Å². The van der Waals surface area contributed by atoms with Gasteiger partial charge in [0, 0.05) is 32.2 Å². The van der Waals surface area contributed by atoms with Crippen LogP contribution in [0.2, 0.25) is 0 Å². The maximum atomic E-state index is 2.63. The maximum absolute atomic E-state index is 2.63. The molecule has 0 N–H and O–H groups in total. The van der Waals surface area contributed by atoms with Gasteiger partial charge in [0.2, 0.25) is 0 Å². The van der Waals surface area contributed by atoms with Crippen molar-refractivity contribution in [3.8, 4) is 0 Å². The Morgan fingerprint density at radius 3 is 2.33 bits per heavy atom. The van der Waals surface area contributed by atoms with E-state index in [0.717, 1.165) is 6.04 Å². The van der Waals surface area contributed by atoms with Crippen molar-refractivity contribution < 1.29 is 0 Å². The lowest BCUT2D eigenvalue weighted by atomic mass is 10.1. The predicted octanol–water partition coefficient (Wildman–Crippen LogP) is 0.718. The zero-order chi connectivity index (χ0) is 10.7. The van der Waals surface area contributed by atoms with E-state index in [9.17, 15) is 0 Å². The van der Waals surface area contributed by atoms with Crippen molar-refractivity contribution in [2.75, 3.05) is 53.4 Å². The van der Waals surface area contributed by atoms with Gasteiger partial charge in [-0.2, -0.15) is 0 Å². The van der Waals surface area contributed by atoms with Crippen molar-refractivity contribution >= 4 is 0 Å². The summed E-state index contributed by atoms with van der Waals surface area (Å²) in [5.74, 6) is 0. The van der Waals surface area contributed by atoms with E-state index in [1.807, 2.05) is 0 Å². The molecule has 15 heavy (non-hydrogen) atoms. The van der Waals surface area contributed by atoms with Crippen molar-refractivity contribution in [1.82, 2.24) is 14.7 Å². The molecular weight excluding hydrogens is 186 g/mol. The van der Waals surface area contributed by atoms with E-state index in [-0.39, 0.29) is 0 Å². The highest BCUT2D eigenvalue weighted by Gasteiger charge is 2.22. The number of likely N-dealkylation sites (tertiary alicyclic amines) is 1. The molecule has 3 heteroatoms. The highest BCUT2D eigenvalue weighted by molar-refractivity contribution is 4.78. The van der Waals surface area contributed by atoms with Crippen molar-refractivity contribution in [3.05, 3.63) is 0 Å². The fourth-order valence-electron chi connectivity index (χ4n) is 2.75. The van der Waals surface area contributed by atoms with E-state index >= 15 is 0 Å². The Hall–Kier alpha value is -0.120. The average Bonchev–Trinajstić information content (AvgIpc) is 2.63. The van der Waals surface area contributed by atoms with E-state index in [4.69, 9.17) is 0 Å². The van der Waals surface area contributed by atoms with Crippen LogP contribution in [0.1, 0.15) is 19.3 Å². The quantitative estimate of drug-likeness (QED) is 0.681. The SMILES string of the molecule is CN1CCN(CCC2CCCN2C)CC1. The van der Waals surface area contributed by atoms with Gasteiger partial charge in [0.05, 0.1) is 0 Å². The van der Waals surface area contributed by atoms with Gasteiger partial charge in [-0.05, 0) is 46.4 Å². The summed E-state index contributed by atoms with van der Waals surface area (Å²) in [6, 6.07) is 0.865. The van der Waals surface area contributed by atoms with Gasteiger partial charge >= 0.3 is 0 Å². The lowest BCUT2D eigenvalue weighted by Crippen LogP contribution is -2.45. The Kier molecular flexibility index (Phi) is 4.00. The normalized spacial score (nSPS) is 31.2. The number of nitrogens with zero attached hydrogens (tertiary/aromatic N) is 3. The largest absolute Gasteiger partial charge is 0.304 e. The summed E-state index contributed by atoms with van der Waals surface area (Å²) < 4.78 is 0. The van der Waals surface area contributed by atoms with E-state index in [1.165, 1.54) is 58.5 Å². The fraction of sp³-hybridized carbons (Fsp3) is 1.00. The number of rotatable bonds is 3. The molecule has 88 valence electrons. The third-order valence-corrected chi connectivity index (χ3v) is 4.05. The molecule has 0 amide bonds. The van der Waals surface area contributed by atoms with Crippen LogP contribution < -0.4 is 0 Å². The lowest BCUT2D eigenvalue weighted by Gasteiger charge is -2.33. The number of hydrogen-bond acceptors (Lipinski definition) is 3. The predicted molar refractivity (Wildman–Crippen MR) is 64.2 cm³/mol. The van der Waals surface area contributed by atoms with Crippen LogP contribution in [0.25, 0.3) is 0 Å². The molecule has 2 saturated heterocycles. The Labute approximate surface area is 94.0 Å². The number of piperazine rings is 1. The minimum absolute atomic E-state index is 0.865. The van der Waals surface area contributed by atoms with Crippen LogP contribution in [0.15, 0.2) is 0 Å². The van der Waals surface area contributed by atoms with Gasteiger partial charge in [0.15, 0.2) is 0 Å². The molecule has 2 heterocycles. The summed E-state index contributed by atoms with van der Waals surface area (Å²) in [5, 5.41) is 0. The van der Waals surface area contributed by atoms with Crippen LogP contribution in [0.3, 0.4) is 0 Å². The van der Waals surface area contributed by atoms with Crippen LogP contribution >= 0.6 is 0 Å². The fourth-order valence-corrected chi connectivity index (χ4v) is 2.75. The third kappa shape index (κ3) is 3.16.